The highest BCUT2D eigenvalue weighted by molar-refractivity contribution is 5.97. The Morgan fingerprint density at radius 1 is 1.09 bits per heavy atom. The molecule has 5 heteroatoms. The number of aromatic nitrogens is 1. The van der Waals surface area contributed by atoms with Crippen LogP contribution in [0.4, 0.5) is 4.39 Å². The summed E-state index contributed by atoms with van der Waals surface area (Å²) in [6, 6.07) is 15.8. The number of benzene rings is 2. The van der Waals surface area contributed by atoms with Gasteiger partial charge in [-0.1, -0.05) is 48.5 Å². The molecule has 0 saturated heterocycles. The number of carbonyl (C=O) groups is 1. The lowest BCUT2D eigenvalue weighted by atomic mass is 10.1. The Kier molecular flexibility index (Phi) is 4.47. The minimum atomic E-state index is -0.363. The summed E-state index contributed by atoms with van der Waals surface area (Å²) >= 11 is 0. The maximum Gasteiger partial charge on any atom is 0.289 e. The number of rotatable bonds is 5. The van der Waals surface area contributed by atoms with Crippen molar-refractivity contribution >= 4 is 5.91 Å². The highest BCUT2D eigenvalue weighted by Gasteiger charge is 2.17. The summed E-state index contributed by atoms with van der Waals surface area (Å²) in [4.78, 5) is 16.3. The van der Waals surface area contributed by atoms with E-state index in [9.17, 15) is 9.18 Å². The predicted molar refractivity (Wildman–Crippen MR) is 84.4 cm³/mol. The molecule has 0 unspecified atom stereocenters. The molecule has 0 aliphatic rings. The third-order valence-electron chi connectivity index (χ3n) is 3.46. The summed E-state index contributed by atoms with van der Waals surface area (Å²) in [5, 5.41) is 2.73. The minimum absolute atomic E-state index is 0.157. The smallest absolute Gasteiger partial charge is 0.289 e. The maximum absolute atomic E-state index is 13.5. The van der Waals surface area contributed by atoms with Crippen molar-refractivity contribution < 1.29 is 13.6 Å². The van der Waals surface area contributed by atoms with E-state index in [1.54, 1.807) is 18.2 Å². The summed E-state index contributed by atoms with van der Waals surface area (Å²) in [5.74, 6) is -0.478. The number of nitrogens with one attached hydrogen (secondary N) is 1. The normalized spacial score (nSPS) is 10.5. The van der Waals surface area contributed by atoms with Crippen molar-refractivity contribution in [3.63, 3.8) is 0 Å². The first kappa shape index (κ1) is 15.0. The van der Waals surface area contributed by atoms with Crippen LogP contribution >= 0.6 is 0 Å². The number of amides is 1. The van der Waals surface area contributed by atoms with Gasteiger partial charge in [0, 0.05) is 12.1 Å². The minimum Gasteiger partial charge on any atom is -0.438 e. The molecule has 3 aromatic rings. The van der Waals surface area contributed by atoms with E-state index >= 15 is 0 Å². The average Bonchev–Trinajstić information content (AvgIpc) is 3.07. The van der Waals surface area contributed by atoms with Crippen LogP contribution in [0.3, 0.4) is 0 Å². The molecular weight excluding hydrogens is 295 g/mol. The molecule has 0 radical (unpaired) electrons. The van der Waals surface area contributed by atoms with Gasteiger partial charge in [0.1, 0.15) is 11.5 Å². The lowest BCUT2D eigenvalue weighted by Gasteiger charge is -2.05. The van der Waals surface area contributed by atoms with Crippen LogP contribution in [0.5, 0.6) is 0 Å². The summed E-state index contributed by atoms with van der Waals surface area (Å²) in [7, 11) is 0. The Hall–Kier alpha value is -2.95. The van der Waals surface area contributed by atoms with Crippen LogP contribution in [0.2, 0.25) is 0 Å². The molecule has 2 aromatic carbocycles. The van der Waals surface area contributed by atoms with Crippen LogP contribution in [0.25, 0.3) is 11.3 Å². The van der Waals surface area contributed by atoms with E-state index < -0.39 is 0 Å². The molecule has 23 heavy (non-hydrogen) atoms. The second-order valence-corrected chi connectivity index (χ2v) is 4.99. The Labute approximate surface area is 133 Å². The lowest BCUT2D eigenvalue weighted by Crippen LogP contribution is -2.26. The van der Waals surface area contributed by atoms with Crippen LogP contribution in [0.15, 0.2) is 65.4 Å². The molecule has 1 N–H and O–H groups in total. The van der Waals surface area contributed by atoms with E-state index in [2.05, 4.69) is 10.3 Å². The second kappa shape index (κ2) is 6.87. The van der Waals surface area contributed by atoms with Gasteiger partial charge in [-0.25, -0.2) is 9.37 Å². The molecule has 1 heterocycles. The average molecular weight is 310 g/mol. The van der Waals surface area contributed by atoms with E-state index in [1.165, 1.54) is 12.5 Å². The van der Waals surface area contributed by atoms with Gasteiger partial charge in [-0.05, 0) is 18.1 Å². The van der Waals surface area contributed by atoms with Crippen molar-refractivity contribution in [3.05, 3.63) is 78.1 Å². The molecule has 0 saturated carbocycles. The first-order chi connectivity index (χ1) is 11.3. The van der Waals surface area contributed by atoms with Crippen molar-refractivity contribution in [2.45, 2.75) is 6.42 Å². The monoisotopic (exact) mass is 310 g/mol. The van der Waals surface area contributed by atoms with Crippen LogP contribution in [-0.2, 0) is 6.42 Å². The zero-order valence-electron chi connectivity index (χ0n) is 12.3. The van der Waals surface area contributed by atoms with Gasteiger partial charge in [0.05, 0.1) is 0 Å². The number of carbonyl (C=O) groups excluding carboxylic acids is 1. The van der Waals surface area contributed by atoms with E-state index in [0.29, 0.717) is 24.2 Å². The fourth-order valence-corrected chi connectivity index (χ4v) is 2.30. The largest absolute Gasteiger partial charge is 0.438 e. The third-order valence-corrected chi connectivity index (χ3v) is 3.46. The maximum atomic E-state index is 13.5. The number of hydrogen-bond donors (Lipinski definition) is 1. The Morgan fingerprint density at radius 2 is 1.83 bits per heavy atom. The standard InChI is InChI=1S/C18H15FN2O2/c19-15-9-5-4-6-13(15)10-11-20-18(22)17-16(21-12-23-17)14-7-2-1-3-8-14/h1-9,12H,10-11H2,(H,20,22). The van der Waals surface area contributed by atoms with Crippen LogP contribution in [0, 0.1) is 5.82 Å². The van der Waals surface area contributed by atoms with Crippen LogP contribution in [0.1, 0.15) is 16.1 Å². The van der Waals surface area contributed by atoms with Crippen molar-refractivity contribution in [2.75, 3.05) is 6.54 Å². The molecule has 3 rings (SSSR count). The van der Waals surface area contributed by atoms with Crippen molar-refractivity contribution in [3.8, 4) is 11.3 Å². The molecule has 1 amide bonds. The molecule has 0 fully saturated rings. The van der Waals surface area contributed by atoms with Crippen LogP contribution < -0.4 is 5.32 Å². The van der Waals surface area contributed by atoms with E-state index in [1.807, 2.05) is 30.3 Å². The first-order valence-corrected chi connectivity index (χ1v) is 7.26. The Balaban J connectivity index is 1.66. The highest BCUT2D eigenvalue weighted by Crippen LogP contribution is 2.21. The van der Waals surface area contributed by atoms with Crippen molar-refractivity contribution in [2.24, 2.45) is 0 Å². The third kappa shape index (κ3) is 3.45. The molecule has 0 atom stereocenters. The summed E-state index contributed by atoms with van der Waals surface area (Å²) in [6.45, 7) is 0.314. The topological polar surface area (TPSA) is 55.1 Å². The predicted octanol–water partition coefficient (Wildman–Crippen LogP) is 3.45. The molecular formula is C18H15FN2O2. The molecule has 0 bridgehead atoms. The second-order valence-electron chi connectivity index (χ2n) is 4.99. The Bertz CT molecular complexity index is 800. The number of nitrogens with zero attached hydrogens (tertiary/aromatic N) is 1. The highest BCUT2D eigenvalue weighted by atomic mass is 19.1. The SMILES string of the molecule is O=C(NCCc1ccccc1F)c1ocnc1-c1ccccc1. The van der Waals surface area contributed by atoms with Gasteiger partial charge in [-0.2, -0.15) is 0 Å². The number of halogens is 1. The van der Waals surface area contributed by atoms with E-state index in [-0.39, 0.29) is 17.5 Å². The molecule has 1 aromatic heterocycles. The quantitative estimate of drug-likeness (QED) is 0.785. The first-order valence-electron chi connectivity index (χ1n) is 7.26. The van der Waals surface area contributed by atoms with E-state index in [4.69, 9.17) is 4.42 Å². The van der Waals surface area contributed by atoms with Gasteiger partial charge in [0.15, 0.2) is 6.39 Å². The zero-order chi connectivity index (χ0) is 16.1. The lowest BCUT2D eigenvalue weighted by molar-refractivity contribution is 0.0927. The molecule has 0 spiro atoms. The zero-order valence-corrected chi connectivity index (χ0v) is 12.3. The summed E-state index contributed by atoms with van der Waals surface area (Å²) < 4.78 is 18.7. The van der Waals surface area contributed by atoms with E-state index in [0.717, 1.165) is 5.56 Å². The fourth-order valence-electron chi connectivity index (χ4n) is 2.30. The molecule has 116 valence electrons. The molecule has 0 aliphatic carbocycles. The summed E-state index contributed by atoms with van der Waals surface area (Å²) in [5.41, 5.74) is 1.86. The molecule has 0 aliphatic heterocycles. The molecule has 4 nitrogen and oxygen atoms in total. The van der Waals surface area contributed by atoms with Crippen molar-refractivity contribution in [1.29, 1.82) is 0 Å². The van der Waals surface area contributed by atoms with Gasteiger partial charge in [-0.15, -0.1) is 0 Å². The Morgan fingerprint density at radius 3 is 2.61 bits per heavy atom. The van der Waals surface area contributed by atoms with Gasteiger partial charge >= 0.3 is 0 Å². The summed E-state index contributed by atoms with van der Waals surface area (Å²) in [6.07, 6.45) is 1.65. The fraction of sp³-hybridized carbons (Fsp3) is 0.111. The van der Waals surface area contributed by atoms with Gasteiger partial charge < -0.3 is 9.73 Å². The van der Waals surface area contributed by atoms with Crippen molar-refractivity contribution in [1.82, 2.24) is 10.3 Å². The van der Waals surface area contributed by atoms with Gasteiger partial charge in [0.25, 0.3) is 5.91 Å². The van der Waals surface area contributed by atoms with Gasteiger partial charge in [-0.3, -0.25) is 4.79 Å². The number of oxazole rings is 1. The van der Waals surface area contributed by atoms with Gasteiger partial charge in [0.2, 0.25) is 5.76 Å². The van der Waals surface area contributed by atoms with Crippen LogP contribution in [-0.4, -0.2) is 17.4 Å². The number of hydrogen-bond acceptors (Lipinski definition) is 3.